The third-order valence-corrected chi connectivity index (χ3v) is 8.03. The van der Waals surface area contributed by atoms with E-state index in [9.17, 15) is 13.2 Å². The van der Waals surface area contributed by atoms with Crippen LogP contribution in [0.3, 0.4) is 0 Å². The zero-order valence-corrected chi connectivity index (χ0v) is 17.5. The Morgan fingerprint density at radius 1 is 1.03 bits per heavy atom. The van der Waals surface area contributed by atoms with Crippen LogP contribution < -0.4 is 10.8 Å². The summed E-state index contributed by atoms with van der Waals surface area (Å²) in [5.41, 5.74) is 3.13. The van der Waals surface area contributed by atoms with Gasteiger partial charge >= 0.3 is 0 Å². The summed E-state index contributed by atoms with van der Waals surface area (Å²) >= 11 is 0. The summed E-state index contributed by atoms with van der Waals surface area (Å²) in [6.07, 6.45) is 2.83. The molecule has 2 fully saturated rings. The highest BCUT2D eigenvalue weighted by atomic mass is 32.2. The van der Waals surface area contributed by atoms with E-state index in [0.717, 1.165) is 19.4 Å². The highest BCUT2D eigenvalue weighted by Gasteiger charge is 2.38. The highest BCUT2D eigenvalue weighted by Crippen LogP contribution is 2.40. The standard InChI is InChI=1S/C22H27N3O4S/c26-22(24-27)18-6-8-19(9-7-18)30(28,29)25-12-10-16(11-13-25)15-23-21-14-20(21)17-4-2-1-3-5-17/h1-9,16,20-21,23,27H,10-15H2,(H,24,26). The predicted molar refractivity (Wildman–Crippen MR) is 113 cm³/mol. The minimum Gasteiger partial charge on any atom is -0.313 e. The maximum atomic E-state index is 12.9. The van der Waals surface area contributed by atoms with Crippen molar-refractivity contribution in [1.82, 2.24) is 15.1 Å². The van der Waals surface area contributed by atoms with Gasteiger partial charge in [0, 0.05) is 30.6 Å². The van der Waals surface area contributed by atoms with Gasteiger partial charge in [0.05, 0.1) is 4.90 Å². The molecule has 8 heteroatoms. The number of nitrogens with one attached hydrogen (secondary N) is 2. The molecule has 1 saturated heterocycles. The molecule has 1 amide bonds. The Balaban J connectivity index is 1.26. The number of piperidine rings is 1. The van der Waals surface area contributed by atoms with Gasteiger partial charge in [-0.15, -0.1) is 0 Å². The Hall–Kier alpha value is -2.26. The summed E-state index contributed by atoms with van der Waals surface area (Å²) in [4.78, 5) is 11.6. The van der Waals surface area contributed by atoms with Crippen molar-refractivity contribution in [3.63, 3.8) is 0 Å². The van der Waals surface area contributed by atoms with Crippen molar-refractivity contribution in [2.45, 2.75) is 36.1 Å². The number of hydrogen-bond acceptors (Lipinski definition) is 5. The number of sulfonamides is 1. The molecule has 1 saturated carbocycles. The Labute approximate surface area is 177 Å². The first-order chi connectivity index (χ1) is 14.5. The molecule has 7 nitrogen and oxygen atoms in total. The number of hydroxylamine groups is 1. The molecule has 1 aliphatic heterocycles. The molecular formula is C22H27N3O4S. The summed E-state index contributed by atoms with van der Waals surface area (Å²) < 4.78 is 27.3. The maximum absolute atomic E-state index is 12.9. The molecule has 160 valence electrons. The zero-order chi connectivity index (χ0) is 21.1. The third kappa shape index (κ3) is 4.57. The molecule has 2 aromatic carbocycles. The quantitative estimate of drug-likeness (QED) is 0.464. The van der Waals surface area contributed by atoms with Crippen LogP contribution in [0.25, 0.3) is 0 Å². The molecule has 0 radical (unpaired) electrons. The summed E-state index contributed by atoms with van der Waals surface area (Å²) in [6.45, 7) is 1.92. The van der Waals surface area contributed by atoms with E-state index in [0.29, 0.717) is 31.0 Å². The number of carbonyl (C=O) groups excluding carboxylic acids is 1. The van der Waals surface area contributed by atoms with E-state index >= 15 is 0 Å². The van der Waals surface area contributed by atoms with Crippen LogP contribution in [0.5, 0.6) is 0 Å². The molecule has 4 rings (SSSR count). The lowest BCUT2D eigenvalue weighted by molar-refractivity contribution is 0.0706. The minimum absolute atomic E-state index is 0.164. The molecule has 2 atom stereocenters. The Kier molecular flexibility index (Phi) is 6.19. The van der Waals surface area contributed by atoms with Gasteiger partial charge in [0.2, 0.25) is 10.0 Å². The van der Waals surface area contributed by atoms with Crippen LogP contribution in [-0.4, -0.2) is 49.5 Å². The molecule has 0 bridgehead atoms. The average molecular weight is 430 g/mol. The Morgan fingerprint density at radius 3 is 2.33 bits per heavy atom. The summed E-state index contributed by atoms with van der Waals surface area (Å²) in [6, 6.07) is 16.7. The number of nitrogens with zero attached hydrogens (tertiary/aromatic N) is 1. The van der Waals surface area contributed by atoms with Gasteiger partial charge in [0.15, 0.2) is 0 Å². The van der Waals surface area contributed by atoms with Gasteiger partial charge in [-0.3, -0.25) is 10.0 Å². The Bertz CT molecular complexity index is 971. The van der Waals surface area contributed by atoms with Crippen LogP contribution in [0.1, 0.15) is 41.1 Å². The minimum atomic E-state index is -3.58. The van der Waals surface area contributed by atoms with Crippen LogP contribution in [0.15, 0.2) is 59.5 Å². The van der Waals surface area contributed by atoms with Gasteiger partial charge in [0.1, 0.15) is 0 Å². The first-order valence-corrected chi connectivity index (χ1v) is 11.8. The molecule has 1 heterocycles. The summed E-state index contributed by atoms with van der Waals surface area (Å²) in [5.74, 6) is 0.407. The largest absolute Gasteiger partial charge is 0.313 e. The summed E-state index contributed by atoms with van der Waals surface area (Å²) in [7, 11) is -3.58. The van der Waals surface area contributed by atoms with Crippen LogP contribution in [0.4, 0.5) is 0 Å². The van der Waals surface area contributed by atoms with E-state index in [-0.39, 0.29) is 10.5 Å². The van der Waals surface area contributed by atoms with Crippen molar-refractivity contribution in [2.75, 3.05) is 19.6 Å². The van der Waals surface area contributed by atoms with Crippen LogP contribution in [-0.2, 0) is 10.0 Å². The molecule has 0 spiro atoms. The van der Waals surface area contributed by atoms with Crippen molar-refractivity contribution < 1.29 is 18.4 Å². The first-order valence-electron chi connectivity index (χ1n) is 10.3. The van der Waals surface area contributed by atoms with Crippen molar-refractivity contribution in [2.24, 2.45) is 5.92 Å². The normalized spacial score (nSPS) is 22.6. The van der Waals surface area contributed by atoms with Gasteiger partial charge in [0.25, 0.3) is 5.91 Å². The molecule has 30 heavy (non-hydrogen) atoms. The monoisotopic (exact) mass is 429 g/mol. The fourth-order valence-electron chi connectivity index (χ4n) is 4.15. The smallest absolute Gasteiger partial charge is 0.274 e. The Morgan fingerprint density at radius 2 is 1.70 bits per heavy atom. The zero-order valence-electron chi connectivity index (χ0n) is 16.7. The van der Waals surface area contributed by atoms with Crippen molar-refractivity contribution in [3.8, 4) is 0 Å². The van der Waals surface area contributed by atoms with E-state index < -0.39 is 15.9 Å². The molecule has 1 aliphatic carbocycles. The second-order valence-corrected chi connectivity index (χ2v) is 10.0. The summed E-state index contributed by atoms with van der Waals surface area (Å²) in [5, 5.41) is 12.3. The predicted octanol–water partition coefficient (Wildman–Crippen LogP) is 2.35. The topological polar surface area (TPSA) is 98.7 Å². The van der Waals surface area contributed by atoms with Crippen molar-refractivity contribution in [3.05, 3.63) is 65.7 Å². The lowest BCUT2D eigenvalue weighted by atomic mass is 9.98. The highest BCUT2D eigenvalue weighted by molar-refractivity contribution is 7.89. The molecule has 0 aromatic heterocycles. The van der Waals surface area contributed by atoms with Crippen molar-refractivity contribution in [1.29, 1.82) is 0 Å². The number of rotatable bonds is 7. The fourth-order valence-corrected chi connectivity index (χ4v) is 5.62. The second-order valence-electron chi connectivity index (χ2n) is 8.08. The lowest BCUT2D eigenvalue weighted by Crippen LogP contribution is -2.41. The van der Waals surface area contributed by atoms with Gasteiger partial charge in [-0.05, 0) is 61.6 Å². The number of amides is 1. The number of carbonyl (C=O) groups is 1. The van der Waals surface area contributed by atoms with E-state index in [1.165, 1.54) is 46.0 Å². The molecular weight excluding hydrogens is 402 g/mol. The van der Waals surface area contributed by atoms with Crippen LogP contribution in [0.2, 0.25) is 0 Å². The van der Waals surface area contributed by atoms with Gasteiger partial charge in [-0.25, -0.2) is 13.9 Å². The number of hydrogen-bond donors (Lipinski definition) is 3. The van der Waals surface area contributed by atoms with E-state index in [2.05, 4.69) is 29.6 Å². The molecule has 2 aromatic rings. The van der Waals surface area contributed by atoms with E-state index in [1.807, 2.05) is 6.07 Å². The first kappa shape index (κ1) is 21.0. The van der Waals surface area contributed by atoms with Crippen molar-refractivity contribution >= 4 is 15.9 Å². The number of benzene rings is 2. The van der Waals surface area contributed by atoms with Crippen LogP contribution in [0, 0.1) is 5.92 Å². The van der Waals surface area contributed by atoms with Crippen LogP contribution >= 0.6 is 0 Å². The lowest BCUT2D eigenvalue weighted by Gasteiger charge is -2.31. The van der Waals surface area contributed by atoms with Gasteiger partial charge in [-0.2, -0.15) is 4.31 Å². The van der Waals surface area contributed by atoms with Gasteiger partial charge < -0.3 is 5.32 Å². The SMILES string of the molecule is O=C(NO)c1ccc(S(=O)(=O)N2CCC(CNC3CC3c3ccccc3)CC2)cc1. The molecule has 3 N–H and O–H groups in total. The van der Waals surface area contributed by atoms with Gasteiger partial charge in [-0.1, -0.05) is 30.3 Å². The molecule has 2 unspecified atom stereocenters. The third-order valence-electron chi connectivity index (χ3n) is 6.12. The average Bonchev–Trinajstić information content (AvgIpc) is 3.58. The second kappa shape index (κ2) is 8.85. The molecule has 2 aliphatic rings. The van der Waals surface area contributed by atoms with E-state index in [1.54, 1.807) is 0 Å². The van der Waals surface area contributed by atoms with E-state index in [4.69, 9.17) is 5.21 Å². The maximum Gasteiger partial charge on any atom is 0.274 e. The fraction of sp³-hybridized carbons (Fsp3) is 0.409.